The first kappa shape index (κ1) is 22.1. The molecule has 36 heavy (non-hydrogen) atoms. The fourth-order valence-electron chi connectivity index (χ4n) is 5.51. The van der Waals surface area contributed by atoms with Crippen LogP contribution < -0.4 is 5.32 Å². The Kier molecular flexibility index (Phi) is 5.13. The predicted octanol–water partition coefficient (Wildman–Crippen LogP) is 2.44. The number of carbonyl (C=O) groups excluding carboxylic acids is 3. The standard InChI is InChI=1S/C27H26N6O3/c1-27-25-20(19-7-3-5-9-22(19)31-25)11-13-32(27)24(35)16-33(26(27)36)30-15-23(34)28-12-10-17-14-29-21-8-4-2-6-18(17)21/h2-9,14-15,29,31H,10-13,16H2,1H3,(H,28,34)/b30-15+. The highest BCUT2D eigenvalue weighted by molar-refractivity contribution is 6.26. The number of amides is 3. The highest BCUT2D eigenvalue weighted by Crippen LogP contribution is 2.41. The van der Waals surface area contributed by atoms with Gasteiger partial charge in [0.2, 0.25) is 5.91 Å². The van der Waals surface area contributed by atoms with Gasteiger partial charge >= 0.3 is 0 Å². The zero-order valence-electron chi connectivity index (χ0n) is 19.9. The third-order valence-corrected chi connectivity index (χ3v) is 7.35. The Balaban J connectivity index is 1.17. The maximum absolute atomic E-state index is 13.6. The maximum atomic E-state index is 13.6. The highest BCUT2D eigenvalue weighted by Gasteiger charge is 2.54. The van der Waals surface area contributed by atoms with Crippen LogP contribution in [0, 0.1) is 0 Å². The van der Waals surface area contributed by atoms with Crippen LogP contribution in [0.4, 0.5) is 0 Å². The molecule has 0 spiro atoms. The number of nitrogens with zero attached hydrogens (tertiary/aromatic N) is 3. The molecule has 9 heteroatoms. The summed E-state index contributed by atoms with van der Waals surface area (Å²) < 4.78 is 0. The topological polar surface area (TPSA) is 114 Å². The third kappa shape index (κ3) is 3.38. The number of rotatable bonds is 5. The molecule has 0 saturated carbocycles. The maximum Gasteiger partial charge on any atom is 0.275 e. The monoisotopic (exact) mass is 482 g/mol. The van der Waals surface area contributed by atoms with Gasteiger partial charge in [-0.05, 0) is 43.0 Å². The van der Waals surface area contributed by atoms with Gasteiger partial charge in [0.15, 0.2) is 5.54 Å². The van der Waals surface area contributed by atoms with E-state index in [1.54, 1.807) is 11.8 Å². The quantitative estimate of drug-likeness (QED) is 0.380. The number of hydrogen-bond donors (Lipinski definition) is 3. The second-order valence-electron chi connectivity index (χ2n) is 9.40. The summed E-state index contributed by atoms with van der Waals surface area (Å²) >= 11 is 0. The largest absolute Gasteiger partial charge is 0.361 e. The lowest BCUT2D eigenvalue weighted by Gasteiger charge is -2.48. The van der Waals surface area contributed by atoms with Crippen molar-refractivity contribution < 1.29 is 14.4 Å². The Bertz CT molecular complexity index is 1550. The van der Waals surface area contributed by atoms with Crippen LogP contribution in [0.1, 0.15) is 23.7 Å². The summed E-state index contributed by atoms with van der Waals surface area (Å²) in [5, 5.41) is 10.2. The first-order valence-corrected chi connectivity index (χ1v) is 12.1. The summed E-state index contributed by atoms with van der Waals surface area (Å²) in [5.41, 5.74) is 3.66. The fraction of sp³-hybridized carbons (Fsp3) is 0.259. The Hall–Kier alpha value is -4.40. The number of aromatic amines is 2. The summed E-state index contributed by atoms with van der Waals surface area (Å²) in [6.07, 6.45) is 4.35. The van der Waals surface area contributed by atoms with Crippen LogP contribution in [-0.4, -0.2) is 63.4 Å². The molecular formula is C27H26N6O3. The van der Waals surface area contributed by atoms with Crippen molar-refractivity contribution in [1.29, 1.82) is 0 Å². The van der Waals surface area contributed by atoms with Crippen molar-refractivity contribution in [3.05, 3.63) is 71.5 Å². The molecule has 2 aliphatic rings. The van der Waals surface area contributed by atoms with Gasteiger partial charge in [-0.2, -0.15) is 5.10 Å². The first-order chi connectivity index (χ1) is 17.5. The molecule has 2 aliphatic heterocycles. The number of hydrazone groups is 1. The van der Waals surface area contributed by atoms with Crippen LogP contribution >= 0.6 is 0 Å². The van der Waals surface area contributed by atoms with E-state index in [9.17, 15) is 14.4 Å². The molecule has 1 fully saturated rings. The van der Waals surface area contributed by atoms with E-state index < -0.39 is 11.4 Å². The second-order valence-corrected chi connectivity index (χ2v) is 9.40. The Morgan fingerprint density at radius 1 is 1.11 bits per heavy atom. The normalized spacial score (nSPS) is 19.8. The molecule has 4 aromatic rings. The number of benzene rings is 2. The number of carbonyl (C=O) groups is 3. The van der Waals surface area contributed by atoms with Gasteiger partial charge < -0.3 is 20.2 Å². The predicted molar refractivity (Wildman–Crippen MR) is 136 cm³/mol. The van der Waals surface area contributed by atoms with Gasteiger partial charge in [-0.3, -0.25) is 14.4 Å². The Morgan fingerprint density at radius 3 is 2.69 bits per heavy atom. The molecule has 6 rings (SSSR count). The van der Waals surface area contributed by atoms with Crippen molar-refractivity contribution >= 4 is 45.7 Å². The van der Waals surface area contributed by atoms with E-state index in [0.29, 0.717) is 25.9 Å². The van der Waals surface area contributed by atoms with E-state index in [4.69, 9.17) is 0 Å². The first-order valence-electron chi connectivity index (χ1n) is 12.1. The van der Waals surface area contributed by atoms with Gasteiger partial charge in [-0.15, -0.1) is 0 Å². The van der Waals surface area contributed by atoms with Crippen LogP contribution in [0.3, 0.4) is 0 Å². The van der Waals surface area contributed by atoms with E-state index in [-0.39, 0.29) is 18.4 Å². The molecule has 2 aromatic carbocycles. The smallest absolute Gasteiger partial charge is 0.275 e. The van der Waals surface area contributed by atoms with E-state index >= 15 is 0 Å². The number of nitrogens with one attached hydrogen (secondary N) is 3. The van der Waals surface area contributed by atoms with E-state index in [1.165, 1.54) is 0 Å². The number of aromatic nitrogens is 2. The van der Waals surface area contributed by atoms with Crippen molar-refractivity contribution in [2.75, 3.05) is 19.6 Å². The minimum atomic E-state index is -1.20. The highest BCUT2D eigenvalue weighted by atomic mass is 16.2. The van der Waals surface area contributed by atoms with Crippen LogP contribution in [0.2, 0.25) is 0 Å². The molecule has 9 nitrogen and oxygen atoms in total. The van der Waals surface area contributed by atoms with Crippen LogP contribution in [0.5, 0.6) is 0 Å². The number of para-hydroxylation sites is 2. The molecule has 1 saturated heterocycles. The number of fused-ring (bicyclic) bond motifs is 6. The summed E-state index contributed by atoms with van der Waals surface area (Å²) in [7, 11) is 0. The van der Waals surface area contributed by atoms with Crippen LogP contribution in [-0.2, 0) is 32.8 Å². The minimum Gasteiger partial charge on any atom is -0.361 e. The lowest BCUT2D eigenvalue weighted by atomic mass is 9.83. The van der Waals surface area contributed by atoms with Gasteiger partial charge in [-0.25, -0.2) is 5.01 Å². The molecule has 3 amide bonds. The van der Waals surface area contributed by atoms with Crippen molar-refractivity contribution in [2.45, 2.75) is 25.3 Å². The second kappa shape index (κ2) is 8.37. The zero-order chi connectivity index (χ0) is 24.9. The number of hydrogen-bond acceptors (Lipinski definition) is 4. The van der Waals surface area contributed by atoms with Gasteiger partial charge in [-0.1, -0.05) is 36.4 Å². The van der Waals surface area contributed by atoms with Gasteiger partial charge in [0.1, 0.15) is 12.8 Å². The average Bonchev–Trinajstić information content (AvgIpc) is 3.48. The van der Waals surface area contributed by atoms with Crippen molar-refractivity contribution in [2.24, 2.45) is 5.10 Å². The molecule has 3 N–H and O–H groups in total. The van der Waals surface area contributed by atoms with E-state index in [2.05, 4.69) is 20.4 Å². The van der Waals surface area contributed by atoms with Crippen molar-refractivity contribution in [3.63, 3.8) is 0 Å². The molecule has 4 heterocycles. The number of H-pyrrole nitrogens is 2. The van der Waals surface area contributed by atoms with E-state index in [1.807, 2.05) is 54.7 Å². The molecule has 1 atom stereocenters. The fourth-order valence-corrected chi connectivity index (χ4v) is 5.51. The molecule has 182 valence electrons. The van der Waals surface area contributed by atoms with Crippen molar-refractivity contribution in [1.82, 2.24) is 25.2 Å². The SMILES string of the molecule is CC12C(=O)N(/N=C/C(=O)NCCc3c[nH]c4ccccc34)CC(=O)N1CCc1c2[nH]c2ccccc12. The zero-order valence-corrected chi connectivity index (χ0v) is 19.9. The lowest BCUT2D eigenvalue weighted by Crippen LogP contribution is -2.65. The minimum absolute atomic E-state index is 0.191. The number of piperazine rings is 1. The molecule has 1 unspecified atom stereocenters. The molecule has 0 aliphatic carbocycles. The Labute approximate surface area is 207 Å². The Morgan fingerprint density at radius 2 is 1.86 bits per heavy atom. The summed E-state index contributed by atoms with van der Waals surface area (Å²) in [6.45, 7) is 2.44. The van der Waals surface area contributed by atoms with Gasteiger partial charge in [0.25, 0.3) is 11.8 Å². The molecular weight excluding hydrogens is 456 g/mol. The molecule has 2 aromatic heterocycles. The molecule has 0 bridgehead atoms. The lowest BCUT2D eigenvalue weighted by molar-refractivity contribution is -0.165. The van der Waals surface area contributed by atoms with Crippen LogP contribution in [0.15, 0.2) is 59.8 Å². The third-order valence-electron chi connectivity index (χ3n) is 7.35. The van der Waals surface area contributed by atoms with Crippen molar-refractivity contribution in [3.8, 4) is 0 Å². The van der Waals surface area contributed by atoms with Gasteiger partial charge in [0.05, 0.1) is 5.69 Å². The molecule has 0 radical (unpaired) electrons. The average molecular weight is 483 g/mol. The van der Waals surface area contributed by atoms with Crippen LogP contribution in [0.25, 0.3) is 21.8 Å². The van der Waals surface area contributed by atoms with E-state index in [0.717, 1.165) is 49.9 Å². The summed E-state index contributed by atoms with van der Waals surface area (Å²) in [6, 6.07) is 15.9. The summed E-state index contributed by atoms with van der Waals surface area (Å²) in [4.78, 5) is 47.3. The van der Waals surface area contributed by atoms with Gasteiger partial charge in [0, 0.05) is 41.1 Å². The summed E-state index contributed by atoms with van der Waals surface area (Å²) in [5.74, 6) is -0.951.